The fourth-order valence-corrected chi connectivity index (χ4v) is 3.21. The molecule has 0 saturated heterocycles. The molecule has 1 atom stereocenters. The van der Waals surface area contributed by atoms with Crippen molar-refractivity contribution in [3.63, 3.8) is 0 Å². The van der Waals surface area contributed by atoms with Gasteiger partial charge in [0.1, 0.15) is 6.04 Å². The Hall–Kier alpha value is -1.11. The summed E-state index contributed by atoms with van der Waals surface area (Å²) >= 11 is 3.17. The van der Waals surface area contributed by atoms with Gasteiger partial charge in [-0.1, -0.05) is 19.3 Å². The molecule has 1 aliphatic rings. The van der Waals surface area contributed by atoms with Crippen LogP contribution in [0.2, 0.25) is 0 Å². The first-order chi connectivity index (χ1) is 9.00. The number of carboxylic acids is 1. The van der Waals surface area contributed by atoms with Gasteiger partial charge in [0.05, 0.1) is 0 Å². The lowest BCUT2D eigenvalue weighted by atomic mass is 9.89. The molecule has 1 aromatic rings. The molecule has 19 heavy (non-hydrogen) atoms. The highest BCUT2D eigenvalue weighted by molar-refractivity contribution is 9.10. The molecule has 7 heteroatoms. The Morgan fingerprint density at radius 2 is 2.11 bits per heavy atom. The highest BCUT2D eigenvalue weighted by Crippen LogP contribution is 2.24. The maximum atomic E-state index is 12.2. The van der Waals surface area contributed by atoms with Crippen molar-refractivity contribution in [1.82, 2.24) is 14.3 Å². The highest BCUT2D eigenvalue weighted by Gasteiger charge is 2.23. The second-order valence-electron chi connectivity index (χ2n) is 5.12. The first kappa shape index (κ1) is 14.3. The Morgan fingerprint density at radius 3 is 2.68 bits per heavy atom. The first-order valence-corrected chi connectivity index (χ1v) is 7.37. The van der Waals surface area contributed by atoms with Crippen molar-refractivity contribution in [3.8, 4) is 0 Å². The summed E-state index contributed by atoms with van der Waals surface area (Å²) in [5.41, 5.74) is -0.354. The van der Waals surface area contributed by atoms with E-state index in [1.807, 2.05) is 0 Å². The molecular weight excluding hydrogens is 314 g/mol. The van der Waals surface area contributed by atoms with Crippen molar-refractivity contribution in [2.75, 3.05) is 0 Å². The smallest absolute Gasteiger partial charge is 0.347 e. The number of halogens is 1. The summed E-state index contributed by atoms with van der Waals surface area (Å²) < 4.78 is 2.84. The second-order valence-corrected chi connectivity index (χ2v) is 5.83. The van der Waals surface area contributed by atoms with E-state index in [-0.39, 0.29) is 10.4 Å². The lowest BCUT2D eigenvalue weighted by Gasteiger charge is -2.20. The van der Waals surface area contributed by atoms with Crippen molar-refractivity contribution in [3.05, 3.63) is 15.2 Å². The van der Waals surface area contributed by atoms with Crippen LogP contribution in [-0.2, 0) is 11.3 Å². The van der Waals surface area contributed by atoms with Gasteiger partial charge < -0.3 is 5.11 Å². The molecule has 1 heterocycles. The van der Waals surface area contributed by atoms with Crippen molar-refractivity contribution < 1.29 is 9.90 Å². The van der Waals surface area contributed by atoms with Crippen LogP contribution in [0.15, 0.2) is 9.53 Å². The Kier molecular flexibility index (Phi) is 4.44. The number of aromatic nitrogens is 3. The molecule has 0 bridgehead atoms. The molecule has 1 saturated carbocycles. The third-order valence-corrected chi connectivity index (χ3v) is 4.27. The number of aliphatic carboxylic acids is 1. The van der Waals surface area contributed by atoms with E-state index in [1.54, 1.807) is 0 Å². The summed E-state index contributed by atoms with van der Waals surface area (Å²) in [6, 6.07) is -0.915. The standard InChI is InChI=1S/C12H18BrN3O3/c1-8(10(17)18)16-11(13)14-15(12(16)19)7-9-5-3-2-4-6-9/h8-9H,2-7H2,1H3,(H,17,18). The number of carboxylic acid groups (broad SMARTS) is 1. The largest absolute Gasteiger partial charge is 0.480 e. The molecule has 106 valence electrons. The van der Waals surface area contributed by atoms with Gasteiger partial charge in [0.15, 0.2) is 0 Å². The van der Waals surface area contributed by atoms with E-state index in [0.717, 1.165) is 12.8 Å². The highest BCUT2D eigenvalue weighted by atomic mass is 79.9. The minimum atomic E-state index is -1.04. The van der Waals surface area contributed by atoms with E-state index >= 15 is 0 Å². The molecular formula is C12H18BrN3O3. The van der Waals surface area contributed by atoms with E-state index in [9.17, 15) is 9.59 Å². The average Bonchev–Trinajstić information content (AvgIpc) is 2.65. The van der Waals surface area contributed by atoms with Gasteiger partial charge in [-0.05, 0) is 41.6 Å². The third kappa shape index (κ3) is 3.08. The van der Waals surface area contributed by atoms with Crippen molar-refractivity contribution in [1.29, 1.82) is 0 Å². The maximum Gasteiger partial charge on any atom is 0.347 e. The summed E-state index contributed by atoms with van der Waals surface area (Å²) in [6.07, 6.45) is 5.90. The molecule has 1 aliphatic carbocycles. The average molecular weight is 332 g/mol. The van der Waals surface area contributed by atoms with Gasteiger partial charge in [-0.3, -0.25) is 4.57 Å². The molecule has 2 rings (SSSR count). The summed E-state index contributed by atoms with van der Waals surface area (Å²) in [5.74, 6) is -0.568. The van der Waals surface area contributed by atoms with Crippen molar-refractivity contribution in [2.45, 2.75) is 51.6 Å². The number of carbonyl (C=O) groups is 1. The number of rotatable bonds is 4. The molecule has 0 aliphatic heterocycles. The van der Waals surface area contributed by atoms with Gasteiger partial charge in [-0.2, -0.15) is 0 Å². The monoisotopic (exact) mass is 331 g/mol. The van der Waals surface area contributed by atoms with Gasteiger partial charge in [0.25, 0.3) is 0 Å². The molecule has 1 aromatic heterocycles. The maximum absolute atomic E-state index is 12.2. The van der Waals surface area contributed by atoms with Crippen molar-refractivity contribution in [2.24, 2.45) is 5.92 Å². The Labute approximate surface area is 119 Å². The molecule has 0 amide bonds. The minimum absolute atomic E-state index is 0.281. The first-order valence-electron chi connectivity index (χ1n) is 6.58. The van der Waals surface area contributed by atoms with E-state index in [4.69, 9.17) is 5.11 Å². The number of nitrogens with zero attached hydrogens (tertiary/aromatic N) is 3. The Balaban J connectivity index is 2.21. The van der Waals surface area contributed by atoms with E-state index < -0.39 is 12.0 Å². The summed E-state index contributed by atoms with van der Waals surface area (Å²) in [6.45, 7) is 2.05. The Morgan fingerprint density at radius 1 is 1.47 bits per heavy atom. The number of hydrogen-bond acceptors (Lipinski definition) is 3. The van der Waals surface area contributed by atoms with E-state index in [0.29, 0.717) is 12.5 Å². The van der Waals surface area contributed by atoms with Crippen LogP contribution in [0.3, 0.4) is 0 Å². The third-order valence-electron chi connectivity index (χ3n) is 3.73. The predicted octanol–water partition coefficient (Wildman–Crippen LogP) is 2.03. The molecule has 1 N–H and O–H groups in total. The van der Waals surface area contributed by atoms with Crippen LogP contribution in [0.5, 0.6) is 0 Å². The van der Waals surface area contributed by atoms with Crippen LogP contribution >= 0.6 is 15.9 Å². The van der Waals surface area contributed by atoms with E-state index in [2.05, 4.69) is 21.0 Å². The zero-order chi connectivity index (χ0) is 14.0. The van der Waals surface area contributed by atoms with Crippen LogP contribution in [0.4, 0.5) is 0 Å². The molecule has 6 nitrogen and oxygen atoms in total. The molecule has 0 spiro atoms. The van der Waals surface area contributed by atoms with Crippen LogP contribution in [-0.4, -0.2) is 25.4 Å². The SMILES string of the molecule is CC(C(=O)O)n1c(Br)nn(CC2CCCCC2)c1=O. The lowest BCUT2D eigenvalue weighted by molar-refractivity contribution is -0.140. The van der Waals surface area contributed by atoms with Gasteiger partial charge in [-0.25, -0.2) is 14.3 Å². The fraction of sp³-hybridized carbons (Fsp3) is 0.750. The second kappa shape index (κ2) is 5.90. The number of hydrogen-bond donors (Lipinski definition) is 1. The summed E-state index contributed by atoms with van der Waals surface area (Å²) in [7, 11) is 0. The zero-order valence-corrected chi connectivity index (χ0v) is 12.5. The van der Waals surface area contributed by atoms with Gasteiger partial charge in [0.2, 0.25) is 4.73 Å². The van der Waals surface area contributed by atoms with Gasteiger partial charge >= 0.3 is 11.7 Å². The van der Waals surface area contributed by atoms with Crippen LogP contribution in [0, 0.1) is 5.92 Å². The summed E-state index contributed by atoms with van der Waals surface area (Å²) in [5, 5.41) is 13.1. The van der Waals surface area contributed by atoms with Crippen LogP contribution in [0.1, 0.15) is 45.1 Å². The molecule has 1 unspecified atom stereocenters. The zero-order valence-electron chi connectivity index (χ0n) is 10.9. The van der Waals surface area contributed by atoms with Crippen LogP contribution in [0.25, 0.3) is 0 Å². The predicted molar refractivity (Wildman–Crippen MR) is 73.1 cm³/mol. The minimum Gasteiger partial charge on any atom is -0.480 e. The van der Waals surface area contributed by atoms with Gasteiger partial charge in [0, 0.05) is 6.54 Å². The molecule has 1 fully saturated rings. The van der Waals surface area contributed by atoms with Crippen molar-refractivity contribution >= 4 is 21.9 Å². The fourth-order valence-electron chi connectivity index (χ4n) is 2.56. The van der Waals surface area contributed by atoms with E-state index in [1.165, 1.54) is 35.4 Å². The summed E-state index contributed by atoms with van der Waals surface area (Å²) in [4.78, 5) is 23.2. The molecule has 0 radical (unpaired) electrons. The quantitative estimate of drug-likeness (QED) is 0.915. The van der Waals surface area contributed by atoms with Crippen LogP contribution < -0.4 is 5.69 Å². The van der Waals surface area contributed by atoms with Gasteiger partial charge in [-0.15, -0.1) is 5.10 Å². The Bertz CT molecular complexity index is 517. The topological polar surface area (TPSA) is 77.1 Å². The normalized spacial score (nSPS) is 18.4. The lowest BCUT2D eigenvalue weighted by Crippen LogP contribution is -2.32. The molecule has 0 aromatic carbocycles.